The van der Waals surface area contributed by atoms with E-state index in [1.807, 2.05) is 0 Å². The number of thiocarbonyl (C=S) groups is 1. The second kappa shape index (κ2) is 8.52. The van der Waals surface area contributed by atoms with E-state index in [2.05, 4.69) is 10.6 Å². The third-order valence-corrected chi connectivity index (χ3v) is 6.67. The van der Waals surface area contributed by atoms with E-state index in [1.165, 1.54) is 16.4 Å². The molecule has 1 saturated heterocycles. The Balaban J connectivity index is 1.64. The Bertz CT molecular complexity index is 930. The van der Waals surface area contributed by atoms with Gasteiger partial charge in [-0.2, -0.15) is 4.31 Å². The molecule has 0 atom stereocenters. The van der Waals surface area contributed by atoms with Gasteiger partial charge >= 0.3 is 0 Å². The van der Waals surface area contributed by atoms with Crippen LogP contribution in [0.1, 0.15) is 19.3 Å². The Morgan fingerprint density at radius 2 is 1.59 bits per heavy atom. The van der Waals surface area contributed by atoms with Gasteiger partial charge in [0.05, 0.1) is 9.92 Å². The van der Waals surface area contributed by atoms with E-state index in [0.29, 0.717) is 24.5 Å². The summed E-state index contributed by atoms with van der Waals surface area (Å²) in [6.45, 7) is 1.13. The molecule has 0 aliphatic carbocycles. The quantitative estimate of drug-likeness (QED) is 0.705. The fourth-order valence-corrected chi connectivity index (χ4v) is 4.70. The highest BCUT2D eigenvalue weighted by atomic mass is 35.5. The van der Waals surface area contributed by atoms with E-state index in [9.17, 15) is 12.8 Å². The zero-order valence-electron chi connectivity index (χ0n) is 14.4. The van der Waals surface area contributed by atoms with Crippen LogP contribution < -0.4 is 10.6 Å². The molecule has 1 heterocycles. The highest BCUT2D eigenvalue weighted by Crippen LogP contribution is 2.22. The minimum Gasteiger partial charge on any atom is -0.332 e. The van der Waals surface area contributed by atoms with Crippen LogP contribution in [0.25, 0.3) is 0 Å². The van der Waals surface area contributed by atoms with Gasteiger partial charge in [-0.05, 0) is 67.5 Å². The number of anilines is 2. The van der Waals surface area contributed by atoms with Crippen LogP contribution in [0.4, 0.5) is 15.8 Å². The summed E-state index contributed by atoms with van der Waals surface area (Å²) in [6, 6.07) is 10.7. The fourth-order valence-electron chi connectivity index (χ4n) is 2.83. The Kier molecular flexibility index (Phi) is 6.31. The van der Waals surface area contributed by atoms with E-state index < -0.39 is 15.8 Å². The number of hydrogen-bond donors (Lipinski definition) is 2. The van der Waals surface area contributed by atoms with E-state index in [-0.39, 0.29) is 15.0 Å². The van der Waals surface area contributed by atoms with Gasteiger partial charge in [-0.3, -0.25) is 0 Å². The summed E-state index contributed by atoms with van der Waals surface area (Å²) < 4.78 is 40.3. The van der Waals surface area contributed by atoms with Crippen LogP contribution in [-0.2, 0) is 10.0 Å². The summed E-state index contributed by atoms with van der Waals surface area (Å²) in [6.07, 6.45) is 2.85. The van der Waals surface area contributed by atoms with Crippen LogP contribution >= 0.6 is 23.8 Å². The van der Waals surface area contributed by atoms with E-state index in [0.717, 1.165) is 19.3 Å². The van der Waals surface area contributed by atoms with Crippen molar-refractivity contribution in [3.63, 3.8) is 0 Å². The van der Waals surface area contributed by atoms with Crippen molar-refractivity contribution in [1.29, 1.82) is 0 Å². The van der Waals surface area contributed by atoms with Gasteiger partial charge in [0.1, 0.15) is 5.82 Å². The minimum atomic E-state index is -3.46. The Morgan fingerprint density at radius 3 is 2.22 bits per heavy atom. The fraction of sp³-hybridized carbons (Fsp3) is 0.278. The summed E-state index contributed by atoms with van der Waals surface area (Å²) in [4.78, 5) is 0.258. The number of piperidine rings is 1. The Hall–Kier alpha value is -1.74. The van der Waals surface area contributed by atoms with E-state index in [4.69, 9.17) is 23.8 Å². The molecule has 2 aromatic carbocycles. The van der Waals surface area contributed by atoms with Gasteiger partial charge in [-0.15, -0.1) is 0 Å². The molecular weight excluding hydrogens is 409 g/mol. The molecule has 0 amide bonds. The molecule has 1 aliphatic heterocycles. The van der Waals surface area contributed by atoms with Gasteiger partial charge in [0.2, 0.25) is 10.0 Å². The highest BCUT2D eigenvalue weighted by molar-refractivity contribution is 7.89. The first kappa shape index (κ1) is 20.0. The second-order valence-electron chi connectivity index (χ2n) is 6.20. The molecule has 3 rings (SSSR count). The summed E-state index contributed by atoms with van der Waals surface area (Å²) >= 11 is 10.8. The molecular formula is C18H19ClFN3O2S2. The zero-order chi connectivity index (χ0) is 19.4. The van der Waals surface area contributed by atoms with Crippen LogP contribution in [0.5, 0.6) is 0 Å². The van der Waals surface area contributed by atoms with Crippen molar-refractivity contribution in [2.45, 2.75) is 24.2 Å². The lowest BCUT2D eigenvalue weighted by atomic mass is 10.2. The van der Waals surface area contributed by atoms with E-state index >= 15 is 0 Å². The normalized spacial score (nSPS) is 15.3. The van der Waals surface area contributed by atoms with Crippen molar-refractivity contribution in [2.75, 3.05) is 23.7 Å². The van der Waals surface area contributed by atoms with Crippen molar-refractivity contribution in [3.05, 3.63) is 53.3 Å². The average Bonchev–Trinajstić information content (AvgIpc) is 2.66. The summed E-state index contributed by atoms with van der Waals surface area (Å²) in [7, 11) is -3.46. The SMILES string of the molecule is O=S(=O)(c1ccc(NC(=S)Nc2ccc(Cl)c(F)c2)cc1)N1CCCCC1. The minimum absolute atomic E-state index is 0.0323. The van der Waals surface area contributed by atoms with Crippen molar-refractivity contribution in [1.82, 2.24) is 4.31 Å². The molecule has 144 valence electrons. The average molecular weight is 428 g/mol. The lowest BCUT2D eigenvalue weighted by molar-refractivity contribution is 0.346. The van der Waals surface area contributed by atoms with Gasteiger partial charge in [0, 0.05) is 24.5 Å². The molecule has 2 N–H and O–H groups in total. The maximum absolute atomic E-state index is 13.5. The topological polar surface area (TPSA) is 61.4 Å². The lowest BCUT2D eigenvalue weighted by Gasteiger charge is -2.25. The summed E-state index contributed by atoms with van der Waals surface area (Å²) in [5.74, 6) is -0.545. The van der Waals surface area contributed by atoms with Gasteiger partial charge < -0.3 is 10.6 Å². The Labute approximate surface area is 168 Å². The standard InChI is InChI=1S/C18H19ClFN3O2S2/c19-16-9-6-14(12-17(16)20)22-18(26)21-13-4-7-15(8-5-13)27(24,25)23-10-2-1-3-11-23/h4-9,12H,1-3,10-11H2,(H2,21,22,26). The molecule has 0 aromatic heterocycles. The molecule has 1 fully saturated rings. The smallest absolute Gasteiger partial charge is 0.243 e. The van der Waals surface area contributed by atoms with Crippen LogP contribution in [-0.4, -0.2) is 30.9 Å². The number of rotatable bonds is 4. The molecule has 9 heteroatoms. The maximum atomic E-state index is 13.5. The van der Waals surface area contributed by atoms with Crippen LogP contribution in [0, 0.1) is 5.82 Å². The first-order valence-corrected chi connectivity index (χ1v) is 10.7. The monoisotopic (exact) mass is 427 g/mol. The summed E-state index contributed by atoms with van der Waals surface area (Å²) in [5.41, 5.74) is 1.08. The van der Waals surface area contributed by atoms with Gasteiger partial charge in [0.15, 0.2) is 5.11 Å². The number of nitrogens with zero attached hydrogens (tertiary/aromatic N) is 1. The van der Waals surface area contributed by atoms with Crippen LogP contribution in [0.15, 0.2) is 47.4 Å². The van der Waals surface area contributed by atoms with Crippen LogP contribution in [0.3, 0.4) is 0 Å². The van der Waals surface area contributed by atoms with E-state index in [1.54, 1.807) is 30.3 Å². The first-order chi connectivity index (χ1) is 12.9. The number of benzene rings is 2. The number of halogens is 2. The number of hydrogen-bond acceptors (Lipinski definition) is 3. The molecule has 2 aromatic rings. The van der Waals surface area contributed by atoms with Gasteiger partial charge in [-0.1, -0.05) is 18.0 Å². The molecule has 0 bridgehead atoms. The predicted octanol–water partition coefficient (Wildman–Crippen LogP) is 4.46. The zero-order valence-corrected chi connectivity index (χ0v) is 16.8. The molecule has 0 radical (unpaired) electrons. The molecule has 27 heavy (non-hydrogen) atoms. The number of nitrogens with one attached hydrogen (secondary N) is 2. The second-order valence-corrected chi connectivity index (χ2v) is 8.95. The third kappa shape index (κ3) is 4.95. The first-order valence-electron chi connectivity index (χ1n) is 8.49. The third-order valence-electron chi connectivity index (χ3n) is 4.24. The van der Waals surface area contributed by atoms with Gasteiger partial charge in [-0.25, -0.2) is 12.8 Å². The van der Waals surface area contributed by atoms with Gasteiger partial charge in [0.25, 0.3) is 0 Å². The number of sulfonamides is 1. The van der Waals surface area contributed by atoms with Crippen LogP contribution in [0.2, 0.25) is 5.02 Å². The molecule has 0 spiro atoms. The molecule has 0 saturated carbocycles. The predicted molar refractivity (Wildman–Crippen MR) is 110 cm³/mol. The van der Waals surface area contributed by atoms with Crippen molar-refractivity contribution in [2.24, 2.45) is 0 Å². The summed E-state index contributed by atoms with van der Waals surface area (Å²) in [5, 5.41) is 6.07. The Morgan fingerprint density at radius 1 is 1.00 bits per heavy atom. The van der Waals surface area contributed by atoms with Crippen molar-refractivity contribution < 1.29 is 12.8 Å². The van der Waals surface area contributed by atoms with Crippen molar-refractivity contribution in [3.8, 4) is 0 Å². The molecule has 5 nitrogen and oxygen atoms in total. The lowest BCUT2D eigenvalue weighted by Crippen LogP contribution is -2.35. The largest absolute Gasteiger partial charge is 0.332 e. The molecule has 0 unspecified atom stereocenters. The highest BCUT2D eigenvalue weighted by Gasteiger charge is 2.25. The maximum Gasteiger partial charge on any atom is 0.243 e. The molecule has 1 aliphatic rings. The van der Waals surface area contributed by atoms with Crippen molar-refractivity contribution >= 4 is 50.3 Å².